The van der Waals surface area contributed by atoms with Gasteiger partial charge in [-0.05, 0) is 57.8 Å². The molecule has 6 atom stereocenters. The molecular formula is C46H81O12P. The van der Waals surface area contributed by atoms with Gasteiger partial charge in [-0.3, -0.25) is 13.8 Å². The van der Waals surface area contributed by atoms with E-state index >= 15 is 0 Å². The summed E-state index contributed by atoms with van der Waals surface area (Å²) < 4.78 is 34.1. The van der Waals surface area contributed by atoms with Crippen molar-refractivity contribution in [3.8, 4) is 0 Å². The van der Waals surface area contributed by atoms with Crippen molar-refractivity contribution in [1.82, 2.24) is 0 Å². The molecule has 13 heteroatoms. The zero-order valence-electron chi connectivity index (χ0n) is 36.3. The number of aliphatic hydroxyl groups is 5. The Bertz CT molecular complexity index is 1200. The van der Waals surface area contributed by atoms with Gasteiger partial charge in [-0.1, -0.05) is 158 Å². The second-order valence-electron chi connectivity index (χ2n) is 15.5. The van der Waals surface area contributed by atoms with Gasteiger partial charge < -0.3 is 39.9 Å². The molecular weight excluding hydrogens is 775 g/mol. The van der Waals surface area contributed by atoms with Gasteiger partial charge in [0, 0.05) is 13.0 Å². The zero-order chi connectivity index (χ0) is 43.4. The van der Waals surface area contributed by atoms with Gasteiger partial charge in [0.1, 0.15) is 42.7 Å². The Labute approximate surface area is 356 Å². The topological polar surface area (TPSA) is 192 Å². The van der Waals surface area contributed by atoms with Gasteiger partial charge in [0.2, 0.25) is 0 Å². The fraction of sp³-hybridized carbons (Fsp3) is 0.761. The van der Waals surface area contributed by atoms with Crippen molar-refractivity contribution >= 4 is 13.8 Å². The van der Waals surface area contributed by atoms with Gasteiger partial charge in [-0.2, -0.15) is 0 Å². The molecule has 0 aliphatic heterocycles. The first-order valence-corrected chi connectivity index (χ1v) is 24.1. The number of carbonyl (C=O) groups excluding carboxylic acids is 1. The van der Waals surface area contributed by atoms with E-state index in [1.807, 2.05) is 0 Å². The van der Waals surface area contributed by atoms with Gasteiger partial charge in [-0.15, -0.1) is 0 Å². The van der Waals surface area contributed by atoms with Crippen LogP contribution in [0.1, 0.15) is 162 Å². The Balaban J connectivity index is 2.35. The monoisotopic (exact) mass is 857 g/mol. The molecule has 342 valence electrons. The average Bonchev–Trinajstić information content (AvgIpc) is 3.22. The standard InChI is InChI=1S/C46H81O12P/c1-3-5-7-9-11-13-14-15-16-17-18-19-20-21-22-23-24-25-26-27-29-31-33-35-40(47)57-39(37-55-36-34-32-30-28-12-10-8-6-4-2)38-56-59(53,54)58-46-44(51)42(49)41(48)43(50)45(46)52/h5,7,11,13,15-16,18-19,21-22,39,41-46,48-52H,3-4,6,8-10,12,14,17,20,23-38H2,1-2H3,(H,53,54)/b7-5-,13-11-,16-15-,19-18-,22-21-. The van der Waals surface area contributed by atoms with E-state index in [-0.39, 0.29) is 13.0 Å². The number of hydrogen-bond acceptors (Lipinski definition) is 11. The van der Waals surface area contributed by atoms with Crippen molar-refractivity contribution in [1.29, 1.82) is 0 Å². The highest BCUT2D eigenvalue weighted by molar-refractivity contribution is 7.47. The first-order chi connectivity index (χ1) is 28.5. The SMILES string of the molecule is CC/C=C\C/C=C\C/C=C\C/C=C\C/C=C\CCCCCCCCCC(=O)OC(COCCCCCCCCCCC)COP(=O)(O)OC1C(O)C(O)C(O)C(O)C1O. The summed E-state index contributed by atoms with van der Waals surface area (Å²) in [5.41, 5.74) is 0. The number of esters is 1. The summed E-state index contributed by atoms with van der Waals surface area (Å²) in [5.74, 6) is -0.491. The largest absolute Gasteiger partial charge is 0.472 e. The minimum atomic E-state index is -5.02. The third-order valence-electron chi connectivity index (χ3n) is 10.2. The predicted octanol–water partition coefficient (Wildman–Crippen LogP) is 9.03. The molecule has 0 amide bonds. The van der Waals surface area contributed by atoms with Gasteiger partial charge in [0.25, 0.3) is 0 Å². The first-order valence-electron chi connectivity index (χ1n) is 22.6. The molecule has 0 aromatic heterocycles. The molecule has 1 aliphatic rings. The maximum atomic E-state index is 12.8. The van der Waals surface area contributed by atoms with Crippen molar-refractivity contribution in [2.75, 3.05) is 19.8 Å². The van der Waals surface area contributed by atoms with Crippen LogP contribution in [0, 0.1) is 0 Å². The Morgan fingerprint density at radius 1 is 0.559 bits per heavy atom. The van der Waals surface area contributed by atoms with E-state index in [1.165, 1.54) is 38.5 Å². The Morgan fingerprint density at radius 2 is 1.00 bits per heavy atom. The number of allylic oxidation sites excluding steroid dienone is 10. The molecule has 0 bridgehead atoms. The maximum absolute atomic E-state index is 12.8. The highest BCUT2D eigenvalue weighted by Gasteiger charge is 2.51. The van der Waals surface area contributed by atoms with Gasteiger partial charge in [0.15, 0.2) is 0 Å². The third kappa shape index (κ3) is 29.1. The van der Waals surface area contributed by atoms with E-state index in [1.54, 1.807) is 0 Å². The van der Waals surface area contributed by atoms with Crippen LogP contribution < -0.4 is 0 Å². The van der Waals surface area contributed by atoms with Crippen LogP contribution in [0.2, 0.25) is 0 Å². The van der Waals surface area contributed by atoms with E-state index in [0.29, 0.717) is 13.0 Å². The van der Waals surface area contributed by atoms with Crippen LogP contribution in [0.4, 0.5) is 0 Å². The van der Waals surface area contributed by atoms with Crippen LogP contribution in [0.3, 0.4) is 0 Å². The molecule has 0 spiro atoms. The first kappa shape index (κ1) is 55.1. The Morgan fingerprint density at radius 3 is 1.53 bits per heavy atom. The van der Waals surface area contributed by atoms with E-state index in [4.69, 9.17) is 18.5 Å². The van der Waals surface area contributed by atoms with Crippen molar-refractivity contribution in [2.45, 2.75) is 204 Å². The van der Waals surface area contributed by atoms with E-state index in [2.05, 4.69) is 74.6 Å². The van der Waals surface area contributed by atoms with Gasteiger partial charge >= 0.3 is 13.8 Å². The van der Waals surface area contributed by atoms with Gasteiger partial charge in [-0.25, -0.2) is 4.57 Å². The number of phosphoric acid groups is 1. The molecule has 1 aliphatic carbocycles. The Hall–Kier alpha value is -1.96. The Kier molecular flexibility index (Phi) is 34.2. The van der Waals surface area contributed by atoms with Crippen molar-refractivity contribution < 1.29 is 58.3 Å². The molecule has 12 nitrogen and oxygen atoms in total. The average molecular weight is 857 g/mol. The normalized spacial score (nSPS) is 23.1. The number of rotatable bonds is 37. The summed E-state index contributed by atoms with van der Waals surface area (Å²) in [7, 11) is -5.02. The lowest BCUT2D eigenvalue weighted by atomic mass is 9.85. The molecule has 0 aromatic carbocycles. The number of aliphatic hydroxyl groups excluding tert-OH is 5. The van der Waals surface area contributed by atoms with Crippen molar-refractivity contribution in [3.05, 3.63) is 60.8 Å². The lowest BCUT2D eigenvalue weighted by Crippen LogP contribution is -2.64. The fourth-order valence-electron chi connectivity index (χ4n) is 6.56. The highest BCUT2D eigenvalue weighted by atomic mass is 31.2. The zero-order valence-corrected chi connectivity index (χ0v) is 37.2. The fourth-order valence-corrected chi connectivity index (χ4v) is 7.53. The van der Waals surface area contributed by atoms with Crippen LogP contribution in [0.15, 0.2) is 60.8 Å². The van der Waals surface area contributed by atoms with Crippen LogP contribution >= 0.6 is 7.82 Å². The molecule has 0 radical (unpaired) electrons. The summed E-state index contributed by atoms with van der Waals surface area (Å²) in [4.78, 5) is 23.1. The summed E-state index contributed by atoms with van der Waals surface area (Å²) >= 11 is 0. The van der Waals surface area contributed by atoms with E-state index in [0.717, 1.165) is 96.3 Å². The number of unbranched alkanes of at least 4 members (excludes halogenated alkanes) is 15. The summed E-state index contributed by atoms with van der Waals surface area (Å²) in [6, 6.07) is 0. The van der Waals surface area contributed by atoms with Crippen molar-refractivity contribution in [3.63, 3.8) is 0 Å². The quantitative estimate of drug-likeness (QED) is 0.0151. The smallest absolute Gasteiger partial charge is 0.457 e. The lowest BCUT2D eigenvalue weighted by molar-refractivity contribution is -0.220. The van der Waals surface area contributed by atoms with Crippen LogP contribution in [-0.4, -0.2) is 98.9 Å². The van der Waals surface area contributed by atoms with Crippen LogP contribution in [0.25, 0.3) is 0 Å². The molecule has 59 heavy (non-hydrogen) atoms. The third-order valence-corrected chi connectivity index (χ3v) is 11.1. The second-order valence-corrected chi connectivity index (χ2v) is 16.9. The molecule has 6 N–H and O–H groups in total. The molecule has 1 fully saturated rings. The summed E-state index contributed by atoms with van der Waals surface area (Å²) in [5, 5.41) is 50.1. The van der Waals surface area contributed by atoms with Crippen LogP contribution in [-0.2, 0) is 27.9 Å². The van der Waals surface area contributed by atoms with E-state index < -0.39 is 63.1 Å². The predicted molar refractivity (Wildman–Crippen MR) is 235 cm³/mol. The van der Waals surface area contributed by atoms with Gasteiger partial charge in [0.05, 0.1) is 13.2 Å². The maximum Gasteiger partial charge on any atom is 0.472 e. The van der Waals surface area contributed by atoms with Crippen LogP contribution in [0.5, 0.6) is 0 Å². The number of ether oxygens (including phenoxy) is 2. The number of phosphoric ester groups is 1. The molecule has 0 heterocycles. The molecule has 1 rings (SSSR count). The number of carbonyl (C=O) groups is 1. The molecule has 0 aromatic rings. The second kappa shape index (κ2) is 36.7. The molecule has 6 unspecified atom stereocenters. The number of hydrogen-bond donors (Lipinski definition) is 6. The summed E-state index contributed by atoms with van der Waals surface area (Å²) in [6.45, 7) is 4.10. The molecule has 0 saturated heterocycles. The minimum Gasteiger partial charge on any atom is -0.457 e. The summed E-state index contributed by atoms with van der Waals surface area (Å²) in [6.07, 6.45) is 33.0. The minimum absolute atomic E-state index is 0.0827. The van der Waals surface area contributed by atoms with Crippen molar-refractivity contribution in [2.24, 2.45) is 0 Å². The highest BCUT2D eigenvalue weighted by Crippen LogP contribution is 2.47. The lowest BCUT2D eigenvalue weighted by Gasteiger charge is -2.41. The molecule has 1 saturated carbocycles. The van der Waals surface area contributed by atoms with E-state index in [9.17, 15) is 39.8 Å².